The number of amides is 2. The Bertz CT molecular complexity index is 1810. The molecular weight excluding hydrogens is 633 g/mol. The summed E-state index contributed by atoms with van der Waals surface area (Å²) in [6.07, 6.45) is 7.80. The van der Waals surface area contributed by atoms with Gasteiger partial charge in [0.1, 0.15) is 5.75 Å². The van der Waals surface area contributed by atoms with Crippen LogP contribution in [0.25, 0.3) is 0 Å². The first-order valence-electron chi connectivity index (χ1n) is 19.1. The zero-order chi connectivity index (χ0) is 34.7. The fraction of sp³-hybridized carbons (Fsp3) is 0.409. The second-order valence-corrected chi connectivity index (χ2v) is 15.3. The van der Waals surface area contributed by atoms with Crippen LogP contribution < -0.4 is 15.5 Å². The number of nitrogens with zero attached hydrogens (tertiary/aromatic N) is 2. The fourth-order valence-corrected chi connectivity index (χ4v) is 9.23. The Kier molecular flexibility index (Phi) is 9.81. The Labute approximate surface area is 302 Å². The summed E-state index contributed by atoms with van der Waals surface area (Å²) in [5.41, 5.74) is 8.78. The van der Waals surface area contributed by atoms with Gasteiger partial charge >= 0.3 is 0 Å². The molecule has 2 amide bonds. The van der Waals surface area contributed by atoms with Gasteiger partial charge in [0.15, 0.2) is 0 Å². The van der Waals surface area contributed by atoms with E-state index in [2.05, 4.69) is 93.2 Å². The molecule has 7 nitrogen and oxygen atoms in total. The van der Waals surface area contributed by atoms with Crippen LogP contribution in [0.3, 0.4) is 0 Å². The number of phenolic OH excluding ortho intramolecular Hbond substituents is 1. The summed E-state index contributed by atoms with van der Waals surface area (Å²) < 4.78 is 0. The largest absolute Gasteiger partial charge is 0.508 e. The summed E-state index contributed by atoms with van der Waals surface area (Å²) in [4.78, 5) is 29.0. The van der Waals surface area contributed by atoms with Crippen molar-refractivity contribution < 1.29 is 14.7 Å². The third-order valence-corrected chi connectivity index (χ3v) is 12.1. The predicted molar refractivity (Wildman–Crippen MR) is 203 cm³/mol. The van der Waals surface area contributed by atoms with Crippen molar-refractivity contribution >= 4 is 23.2 Å². The molecular formula is C44H50N4O3. The number of anilines is 2. The van der Waals surface area contributed by atoms with Gasteiger partial charge in [-0.2, -0.15) is 0 Å². The van der Waals surface area contributed by atoms with Crippen LogP contribution in [0.5, 0.6) is 5.75 Å². The Morgan fingerprint density at radius 2 is 1.43 bits per heavy atom. The molecule has 264 valence electrons. The second kappa shape index (κ2) is 14.9. The number of hydrogen-bond donors (Lipinski definition) is 3. The minimum absolute atomic E-state index is 0.170. The maximum absolute atomic E-state index is 12.2. The number of hydrogen-bond acceptors (Lipinski definition) is 6. The van der Waals surface area contributed by atoms with Crippen molar-refractivity contribution in [3.05, 3.63) is 125 Å². The van der Waals surface area contributed by atoms with E-state index < -0.39 is 0 Å². The Morgan fingerprint density at radius 3 is 2.16 bits per heavy atom. The molecule has 3 N–H and O–H groups in total. The smallest absolute Gasteiger partial charge is 0.234 e. The molecule has 0 saturated carbocycles. The summed E-state index contributed by atoms with van der Waals surface area (Å²) >= 11 is 0. The number of piperidine rings is 3. The van der Waals surface area contributed by atoms with E-state index in [0.717, 1.165) is 69.0 Å². The topological polar surface area (TPSA) is 84.9 Å². The molecule has 3 aliphatic heterocycles. The van der Waals surface area contributed by atoms with Crippen molar-refractivity contribution in [1.29, 1.82) is 0 Å². The van der Waals surface area contributed by atoms with Crippen LogP contribution >= 0.6 is 0 Å². The van der Waals surface area contributed by atoms with Crippen LogP contribution in [0.1, 0.15) is 90.5 Å². The quantitative estimate of drug-likeness (QED) is 0.166. The van der Waals surface area contributed by atoms with Gasteiger partial charge in [0.05, 0.1) is 5.92 Å². The maximum atomic E-state index is 12.2. The lowest BCUT2D eigenvalue weighted by Crippen LogP contribution is -2.43. The molecule has 3 heterocycles. The average Bonchev–Trinajstić information content (AvgIpc) is 3.16. The molecule has 8 rings (SSSR count). The Hall–Kier alpha value is -4.62. The molecule has 0 spiro atoms. The molecule has 3 fully saturated rings. The molecule has 4 aliphatic rings. The lowest BCUT2D eigenvalue weighted by atomic mass is 9.69. The number of aryl methyl sites for hydroxylation is 1. The molecule has 3 atom stereocenters. The number of imide groups is 1. The normalized spacial score (nSPS) is 23.5. The molecule has 7 heteroatoms. The van der Waals surface area contributed by atoms with E-state index in [-0.39, 0.29) is 23.7 Å². The van der Waals surface area contributed by atoms with Crippen molar-refractivity contribution in [2.24, 2.45) is 5.92 Å². The first-order chi connectivity index (χ1) is 25.0. The highest BCUT2D eigenvalue weighted by Crippen LogP contribution is 2.47. The molecule has 1 aliphatic carbocycles. The van der Waals surface area contributed by atoms with Gasteiger partial charge in [-0.3, -0.25) is 14.9 Å². The Balaban J connectivity index is 0.819. The van der Waals surface area contributed by atoms with E-state index in [1.54, 1.807) is 0 Å². The molecule has 4 aromatic rings. The number of phenols is 1. The number of fused-ring (bicyclic) bond motifs is 1. The number of likely N-dealkylation sites (tertiary alicyclic amines) is 1. The number of carbonyl (C=O) groups is 2. The molecule has 1 unspecified atom stereocenters. The van der Waals surface area contributed by atoms with Gasteiger partial charge in [-0.25, -0.2) is 0 Å². The van der Waals surface area contributed by atoms with Gasteiger partial charge in [-0.15, -0.1) is 0 Å². The first-order valence-corrected chi connectivity index (χ1v) is 19.1. The highest BCUT2D eigenvalue weighted by atomic mass is 16.3. The van der Waals surface area contributed by atoms with Crippen molar-refractivity contribution in [3.8, 4) is 5.75 Å². The van der Waals surface area contributed by atoms with Crippen molar-refractivity contribution in [3.63, 3.8) is 0 Å². The van der Waals surface area contributed by atoms with Crippen LogP contribution in [-0.2, 0) is 16.0 Å². The van der Waals surface area contributed by atoms with Crippen LogP contribution in [0.2, 0.25) is 0 Å². The van der Waals surface area contributed by atoms with Crippen LogP contribution in [0.15, 0.2) is 97.1 Å². The van der Waals surface area contributed by atoms with Crippen molar-refractivity contribution in [2.45, 2.75) is 75.2 Å². The van der Waals surface area contributed by atoms with E-state index in [1.165, 1.54) is 47.3 Å². The number of aromatic hydroxyl groups is 1. The average molecular weight is 683 g/mol. The second-order valence-electron chi connectivity index (χ2n) is 15.3. The molecule has 4 aromatic carbocycles. The highest BCUT2D eigenvalue weighted by Gasteiger charge is 2.33. The van der Waals surface area contributed by atoms with E-state index in [0.29, 0.717) is 30.6 Å². The molecule has 0 aromatic heterocycles. The fourth-order valence-electron chi connectivity index (χ4n) is 9.23. The number of benzene rings is 4. The van der Waals surface area contributed by atoms with Gasteiger partial charge < -0.3 is 20.2 Å². The zero-order valence-corrected chi connectivity index (χ0v) is 29.5. The molecule has 3 saturated heterocycles. The maximum Gasteiger partial charge on any atom is 0.234 e. The van der Waals surface area contributed by atoms with Crippen LogP contribution in [0, 0.1) is 5.92 Å². The lowest BCUT2D eigenvalue weighted by molar-refractivity contribution is -0.134. The SMILES string of the molecule is O=C1CCC(c2ccc(NC3CCN(CC4CCN(c5ccc([C@@H]6c7ccc(O)cc7CC[C@@H]6c6ccccc6)cc5)CC4)CC3)cc2)C(=O)N1. The summed E-state index contributed by atoms with van der Waals surface area (Å²) in [6.45, 7) is 5.66. The number of rotatable bonds is 8. The lowest BCUT2D eigenvalue weighted by Gasteiger charge is -2.39. The Morgan fingerprint density at radius 1 is 0.706 bits per heavy atom. The van der Waals surface area contributed by atoms with Gasteiger partial charge in [-0.05, 0) is 121 Å². The van der Waals surface area contributed by atoms with Gasteiger partial charge in [-0.1, -0.05) is 60.7 Å². The number of carbonyl (C=O) groups excluding carboxylic acids is 2. The molecule has 0 bridgehead atoms. The summed E-state index contributed by atoms with van der Waals surface area (Å²) in [5, 5.41) is 16.4. The van der Waals surface area contributed by atoms with Crippen molar-refractivity contribution in [2.75, 3.05) is 42.9 Å². The van der Waals surface area contributed by atoms with E-state index in [9.17, 15) is 14.7 Å². The summed E-state index contributed by atoms with van der Waals surface area (Å²) in [7, 11) is 0. The van der Waals surface area contributed by atoms with E-state index in [4.69, 9.17) is 0 Å². The van der Waals surface area contributed by atoms with Gasteiger partial charge in [0.25, 0.3) is 0 Å². The minimum atomic E-state index is -0.233. The highest BCUT2D eigenvalue weighted by molar-refractivity contribution is 6.00. The summed E-state index contributed by atoms with van der Waals surface area (Å²) in [6, 6.07) is 35.0. The molecule has 0 radical (unpaired) electrons. The van der Waals surface area contributed by atoms with E-state index >= 15 is 0 Å². The predicted octanol–water partition coefficient (Wildman–Crippen LogP) is 7.57. The molecule has 51 heavy (non-hydrogen) atoms. The monoisotopic (exact) mass is 682 g/mol. The van der Waals surface area contributed by atoms with E-state index in [1.807, 2.05) is 24.3 Å². The zero-order valence-electron chi connectivity index (χ0n) is 29.5. The third kappa shape index (κ3) is 7.55. The first kappa shape index (κ1) is 33.5. The number of nitrogens with one attached hydrogen (secondary N) is 2. The van der Waals surface area contributed by atoms with Crippen LogP contribution in [-0.4, -0.2) is 60.6 Å². The summed E-state index contributed by atoms with van der Waals surface area (Å²) in [5.74, 6) is 1.22. The van der Waals surface area contributed by atoms with Gasteiger partial charge in [0, 0.05) is 62.5 Å². The minimum Gasteiger partial charge on any atom is -0.508 e. The van der Waals surface area contributed by atoms with Crippen LogP contribution in [0.4, 0.5) is 11.4 Å². The van der Waals surface area contributed by atoms with Gasteiger partial charge in [0.2, 0.25) is 11.8 Å². The third-order valence-electron chi connectivity index (χ3n) is 12.1. The standard InChI is InChI=1S/C44H50N4O3/c49-38-15-17-40-34(28-38)10-16-39(31-4-2-1-3-5-31)43(40)33-8-13-37(14-9-33)48-26-20-30(21-27-48)29-47-24-22-36(23-25-47)45-35-11-6-32(7-12-35)41-18-19-42(50)46-44(41)51/h1-9,11-15,17,28,30,36,39,41,43,45,49H,10,16,18-27,29H2,(H,46,50,51)/t39-,41?,43+/m1/s1. The van der Waals surface area contributed by atoms with Crippen molar-refractivity contribution in [1.82, 2.24) is 10.2 Å².